The van der Waals surface area contributed by atoms with Crippen LogP contribution < -0.4 is 10.1 Å². The first-order chi connectivity index (χ1) is 12.7. The number of carbonyl (C=O) groups excluding carboxylic acids is 1. The van der Waals surface area contributed by atoms with Crippen molar-refractivity contribution in [3.05, 3.63) is 65.2 Å². The van der Waals surface area contributed by atoms with E-state index >= 15 is 0 Å². The minimum absolute atomic E-state index is 0.0134. The van der Waals surface area contributed by atoms with Crippen LogP contribution in [-0.4, -0.2) is 37.6 Å². The number of likely N-dealkylation sites (tertiary alicyclic amines) is 1. The zero-order valence-corrected chi connectivity index (χ0v) is 15.7. The molecule has 0 radical (unpaired) electrons. The van der Waals surface area contributed by atoms with Gasteiger partial charge in [-0.3, -0.25) is 9.69 Å². The zero-order valence-electron chi connectivity index (χ0n) is 15.7. The van der Waals surface area contributed by atoms with Crippen LogP contribution in [0.15, 0.2) is 48.5 Å². The van der Waals surface area contributed by atoms with Gasteiger partial charge in [0.05, 0.1) is 13.2 Å². The molecule has 0 bridgehead atoms. The average molecular weight is 352 g/mol. The molecule has 1 aliphatic heterocycles. The third kappa shape index (κ3) is 4.64. The molecule has 0 unspecified atom stereocenters. The van der Waals surface area contributed by atoms with E-state index < -0.39 is 0 Å². The Bertz CT molecular complexity index is 704. The third-order valence-electron chi connectivity index (χ3n) is 5.10. The van der Waals surface area contributed by atoms with Gasteiger partial charge in [-0.2, -0.15) is 0 Å². The fourth-order valence-electron chi connectivity index (χ4n) is 3.51. The monoisotopic (exact) mass is 352 g/mol. The maximum Gasteiger partial charge on any atom is 0.251 e. The second kappa shape index (κ2) is 8.86. The molecule has 0 saturated carbocycles. The van der Waals surface area contributed by atoms with Crippen LogP contribution in [0.4, 0.5) is 0 Å². The Labute approximate surface area is 156 Å². The number of carbonyl (C=O) groups is 1. The molecule has 0 aromatic heterocycles. The van der Waals surface area contributed by atoms with Crippen molar-refractivity contribution in [1.29, 1.82) is 0 Å². The van der Waals surface area contributed by atoms with Gasteiger partial charge in [-0.15, -0.1) is 0 Å². The summed E-state index contributed by atoms with van der Waals surface area (Å²) in [4.78, 5) is 15.0. The summed E-state index contributed by atoms with van der Waals surface area (Å²) in [6.45, 7) is 4.80. The number of ether oxygens (including phenoxy) is 1. The molecule has 1 N–H and O–H groups in total. The Morgan fingerprint density at radius 2 is 1.69 bits per heavy atom. The van der Waals surface area contributed by atoms with Crippen LogP contribution in [0.5, 0.6) is 5.75 Å². The van der Waals surface area contributed by atoms with Gasteiger partial charge in [0.15, 0.2) is 0 Å². The number of nitrogens with zero attached hydrogens (tertiary/aromatic N) is 1. The minimum atomic E-state index is -0.0134. The van der Waals surface area contributed by atoms with Crippen LogP contribution >= 0.6 is 0 Å². The van der Waals surface area contributed by atoms with Crippen molar-refractivity contribution in [2.45, 2.75) is 32.2 Å². The summed E-state index contributed by atoms with van der Waals surface area (Å²) in [6.07, 6.45) is 3.73. The number of rotatable bonds is 6. The Kier molecular flexibility index (Phi) is 6.29. The van der Waals surface area contributed by atoms with E-state index in [1.807, 2.05) is 43.3 Å². The van der Waals surface area contributed by atoms with Crippen LogP contribution in [-0.2, 0) is 0 Å². The molecule has 1 fully saturated rings. The predicted octanol–water partition coefficient (Wildman–Crippen LogP) is 3.96. The number of aryl methyl sites for hydroxylation is 1. The van der Waals surface area contributed by atoms with Crippen molar-refractivity contribution in [1.82, 2.24) is 10.2 Å². The number of nitrogens with one attached hydrogen (secondary N) is 1. The Hall–Kier alpha value is -2.33. The lowest BCUT2D eigenvalue weighted by atomic mass is 10.0. The SMILES string of the molecule is COc1ccc([C@H](CNC(=O)c2ccc(C)cc2)N2CCCCC2)cc1. The van der Waals surface area contributed by atoms with E-state index in [9.17, 15) is 4.79 Å². The molecule has 26 heavy (non-hydrogen) atoms. The van der Waals surface area contributed by atoms with Gasteiger partial charge in [0, 0.05) is 12.1 Å². The minimum Gasteiger partial charge on any atom is -0.497 e. The van der Waals surface area contributed by atoms with E-state index in [-0.39, 0.29) is 11.9 Å². The van der Waals surface area contributed by atoms with E-state index in [0.29, 0.717) is 12.1 Å². The van der Waals surface area contributed by atoms with Gasteiger partial charge in [0.2, 0.25) is 0 Å². The predicted molar refractivity (Wildman–Crippen MR) is 105 cm³/mol. The summed E-state index contributed by atoms with van der Waals surface area (Å²) < 4.78 is 5.28. The van der Waals surface area contributed by atoms with Crippen LogP contribution in [0, 0.1) is 6.92 Å². The summed E-state index contributed by atoms with van der Waals surface area (Å²) in [5, 5.41) is 3.13. The summed E-state index contributed by atoms with van der Waals surface area (Å²) in [5.41, 5.74) is 3.09. The standard InChI is InChI=1S/C22H28N2O2/c1-17-6-8-19(9-7-17)22(25)23-16-21(24-14-4-3-5-15-24)18-10-12-20(26-2)13-11-18/h6-13,21H,3-5,14-16H2,1-2H3,(H,23,25)/t21-/m0/s1. The van der Waals surface area contributed by atoms with Gasteiger partial charge < -0.3 is 10.1 Å². The van der Waals surface area contributed by atoms with Crippen LogP contribution in [0.3, 0.4) is 0 Å². The second-order valence-electron chi connectivity index (χ2n) is 6.96. The number of piperidine rings is 1. The van der Waals surface area contributed by atoms with Crippen molar-refractivity contribution in [3.63, 3.8) is 0 Å². The van der Waals surface area contributed by atoms with Crippen molar-refractivity contribution in [2.24, 2.45) is 0 Å². The lowest BCUT2D eigenvalue weighted by Crippen LogP contribution is -2.40. The number of benzene rings is 2. The summed E-state index contributed by atoms with van der Waals surface area (Å²) >= 11 is 0. The number of methoxy groups -OCH3 is 1. The van der Waals surface area contributed by atoms with E-state index in [4.69, 9.17) is 4.74 Å². The van der Waals surface area contributed by atoms with E-state index in [0.717, 1.165) is 24.4 Å². The first kappa shape index (κ1) is 18.5. The molecule has 4 nitrogen and oxygen atoms in total. The first-order valence-corrected chi connectivity index (χ1v) is 9.40. The van der Waals surface area contributed by atoms with Crippen LogP contribution in [0.1, 0.15) is 46.8 Å². The molecular formula is C22H28N2O2. The molecular weight excluding hydrogens is 324 g/mol. The lowest BCUT2D eigenvalue weighted by Gasteiger charge is -2.35. The molecule has 138 valence electrons. The van der Waals surface area contributed by atoms with Crippen LogP contribution in [0.2, 0.25) is 0 Å². The van der Waals surface area contributed by atoms with E-state index in [2.05, 4.69) is 22.3 Å². The highest BCUT2D eigenvalue weighted by atomic mass is 16.5. The molecule has 2 aromatic carbocycles. The van der Waals surface area contributed by atoms with Gasteiger partial charge in [-0.1, -0.05) is 36.2 Å². The first-order valence-electron chi connectivity index (χ1n) is 9.40. The van der Waals surface area contributed by atoms with Gasteiger partial charge in [-0.25, -0.2) is 0 Å². The van der Waals surface area contributed by atoms with E-state index in [1.165, 1.54) is 24.8 Å². The molecule has 1 atom stereocenters. The fraction of sp³-hybridized carbons (Fsp3) is 0.409. The molecule has 0 spiro atoms. The smallest absolute Gasteiger partial charge is 0.251 e. The van der Waals surface area contributed by atoms with Crippen molar-refractivity contribution in [3.8, 4) is 5.75 Å². The van der Waals surface area contributed by atoms with Crippen molar-refractivity contribution < 1.29 is 9.53 Å². The molecule has 1 aliphatic rings. The summed E-state index contributed by atoms with van der Waals surface area (Å²) in [6, 6.07) is 16.1. The normalized spacial score (nSPS) is 16.1. The Morgan fingerprint density at radius 1 is 1.04 bits per heavy atom. The van der Waals surface area contributed by atoms with Gasteiger partial charge in [-0.05, 0) is 62.7 Å². The lowest BCUT2D eigenvalue weighted by molar-refractivity contribution is 0.0924. The molecule has 1 amide bonds. The average Bonchev–Trinajstić information content (AvgIpc) is 2.70. The van der Waals surface area contributed by atoms with E-state index in [1.54, 1.807) is 7.11 Å². The molecule has 4 heteroatoms. The Morgan fingerprint density at radius 3 is 2.31 bits per heavy atom. The number of hydrogen-bond donors (Lipinski definition) is 1. The van der Waals surface area contributed by atoms with Gasteiger partial charge in [0.25, 0.3) is 5.91 Å². The summed E-state index contributed by atoms with van der Waals surface area (Å²) in [7, 11) is 1.68. The topological polar surface area (TPSA) is 41.6 Å². The quantitative estimate of drug-likeness (QED) is 0.855. The highest BCUT2D eigenvalue weighted by Crippen LogP contribution is 2.26. The maximum atomic E-state index is 12.5. The Balaban J connectivity index is 1.72. The molecule has 0 aliphatic carbocycles. The summed E-state index contributed by atoms with van der Waals surface area (Å²) in [5.74, 6) is 0.843. The highest BCUT2D eigenvalue weighted by Gasteiger charge is 2.23. The maximum absolute atomic E-state index is 12.5. The third-order valence-corrected chi connectivity index (χ3v) is 5.10. The molecule has 2 aromatic rings. The number of hydrogen-bond acceptors (Lipinski definition) is 3. The van der Waals surface area contributed by atoms with Crippen LogP contribution in [0.25, 0.3) is 0 Å². The molecule has 1 heterocycles. The molecule has 3 rings (SSSR count). The number of amides is 1. The van der Waals surface area contributed by atoms with Gasteiger partial charge in [0.1, 0.15) is 5.75 Å². The van der Waals surface area contributed by atoms with Crippen molar-refractivity contribution >= 4 is 5.91 Å². The molecule has 1 saturated heterocycles. The second-order valence-corrected chi connectivity index (χ2v) is 6.96. The highest BCUT2D eigenvalue weighted by molar-refractivity contribution is 5.94. The van der Waals surface area contributed by atoms with Gasteiger partial charge >= 0.3 is 0 Å². The fourth-order valence-corrected chi connectivity index (χ4v) is 3.51. The zero-order chi connectivity index (χ0) is 18.4. The van der Waals surface area contributed by atoms with Crippen molar-refractivity contribution in [2.75, 3.05) is 26.7 Å². The largest absolute Gasteiger partial charge is 0.497 e.